The summed E-state index contributed by atoms with van der Waals surface area (Å²) >= 11 is 0. The molecular weight excluding hydrogens is 123 g/mol. The molecule has 0 aliphatic rings. The van der Waals surface area contributed by atoms with Gasteiger partial charge in [-0.25, -0.2) is 0 Å². The zero-order chi connectivity index (χ0) is 6.78. The Labute approximate surface area is 51.1 Å². The molecule has 0 rings (SSSR count). The molecule has 0 aromatic rings. The SMILES string of the molecule is C[P+](=O)OC(C)(C)C. The molecule has 48 valence electrons. The molecule has 0 fully saturated rings. The van der Waals surface area contributed by atoms with Gasteiger partial charge in [0.05, 0.1) is 0 Å². The Hall–Kier alpha value is 0.0600. The summed E-state index contributed by atoms with van der Waals surface area (Å²) < 4.78 is 15.3. The fourth-order valence-corrected chi connectivity index (χ4v) is 1.16. The topological polar surface area (TPSA) is 26.3 Å². The first-order chi connectivity index (χ1) is 3.42. The van der Waals surface area contributed by atoms with Crippen LogP contribution in [0.3, 0.4) is 0 Å². The summed E-state index contributed by atoms with van der Waals surface area (Å²) in [5, 5.41) is 0. The summed E-state index contributed by atoms with van der Waals surface area (Å²) in [6, 6.07) is 0. The largest absolute Gasteiger partial charge is 0.505 e. The van der Waals surface area contributed by atoms with Gasteiger partial charge < -0.3 is 0 Å². The van der Waals surface area contributed by atoms with Crippen molar-refractivity contribution in [3.05, 3.63) is 0 Å². The lowest BCUT2D eigenvalue weighted by Gasteiger charge is -2.07. The number of hydrogen-bond donors (Lipinski definition) is 0. The van der Waals surface area contributed by atoms with Gasteiger partial charge in [0.25, 0.3) is 0 Å². The van der Waals surface area contributed by atoms with Crippen LogP contribution in [0.25, 0.3) is 0 Å². The molecule has 0 spiro atoms. The van der Waals surface area contributed by atoms with Crippen molar-refractivity contribution in [2.75, 3.05) is 6.66 Å². The molecule has 0 amide bonds. The summed E-state index contributed by atoms with van der Waals surface area (Å²) in [6.07, 6.45) is 0. The summed E-state index contributed by atoms with van der Waals surface area (Å²) in [5.41, 5.74) is -0.262. The molecular formula is C5H12O2P+. The molecule has 0 aliphatic carbocycles. The van der Waals surface area contributed by atoms with E-state index in [2.05, 4.69) is 0 Å². The van der Waals surface area contributed by atoms with Crippen LogP contribution in [0.1, 0.15) is 20.8 Å². The van der Waals surface area contributed by atoms with E-state index >= 15 is 0 Å². The molecule has 0 saturated carbocycles. The van der Waals surface area contributed by atoms with Crippen LogP contribution in [-0.2, 0) is 9.09 Å². The van der Waals surface area contributed by atoms with E-state index in [-0.39, 0.29) is 5.60 Å². The fourth-order valence-electron chi connectivity index (χ4n) is 0.386. The number of hydrogen-bond acceptors (Lipinski definition) is 2. The van der Waals surface area contributed by atoms with Crippen molar-refractivity contribution >= 4 is 8.03 Å². The van der Waals surface area contributed by atoms with Gasteiger partial charge in [-0.2, -0.15) is 0 Å². The van der Waals surface area contributed by atoms with Crippen molar-refractivity contribution in [2.45, 2.75) is 26.4 Å². The third-order valence-corrected chi connectivity index (χ3v) is 1.21. The van der Waals surface area contributed by atoms with E-state index in [0.29, 0.717) is 0 Å². The van der Waals surface area contributed by atoms with Gasteiger partial charge in [0.1, 0.15) is 5.60 Å². The van der Waals surface area contributed by atoms with Crippen LogP contribution in [-0.4, -0.2) is 12.3 Å². The highest BCUT2D eigenvalue weighted by Crippen LogP contribution is 2.24. The second kappa shape index (κ2) is 2.56. The first-order valence-electron chi connectivity index (χ1n) is 2.52. The monoisotopic (exact) mass is 135 g/mol. The lowest BCUT2D eigenvalue weighted by molar-refractivity contribution is 0.145. The fraction of sp³-hybridized carbons (Fsp3) is 1.00. The van der Waals surface area contributed by atoms with Crippen molar-refractivity contribution < 1.29 is 9.09 Å². The Morgan fingerprint density at radius 3 is 1.75 bits per heavy atom. The molecule has 3 heteroatoms. The predicted octanol–water partition coefficient (Wildman–Crippen LogP) is 2.17. The third kappa shape index (κ3) is 6.06. The van der Waals surface area contributed by atoms with Gasteiger partial charge in [-0.3, -0.25) is 0 Å². The summed E-state index contributed by atoms with van der Waals surface area (Å²) in [4.78, 5) is 0. The van der Waals surface area contributed by atoms with Crippen molar-refractivity contribution in [3.63, 3.8) is 0 Å². The van der Waals surface area contributed by atoms with E-state index in [1.54, 1.807) is 6.66 Å². The Kier molecular flexibility index (Phi) is 2.58. The molecule has 2 nitrogen and oxygen atoms in total. The number of rotatable bonds is 1. The highest BCUT2D eigenvalue weighted by Gasteiger charge is 2.21. The normalized spacial score (nSPS) is 13.8. The van der Waals surface area contributed by atoms with Crippen LogP contribution in [0.4, 0.5) is 0 Å². The predicted molar refractivity (Wildman–Crippen MR) is 34.4 cm³/mol. The molecule has 1 atom stereocenters. The van der Waals surface area contributed by atoms with E-state index in [1.807, 2.05) is 20.8 Å². The Morgan fingerprint density at radius 2 is 1.75 bits per heavy atom. The quantitative estimate of drug-likeness (QED) is 0.515. The second-order valence-electron chi connectivity index (χ2n) is 2.64. The van der Waals surface area contributed by atoms with Crippen molar-refractivity contribution in [3.8, 4) is 0 Å². The molecule has 0 radical (unpaired) electrons. The van der Waals surface area contributed by atoms with Gasteiger partial charge in [0, 0.05) is 0 Å². The minimum Gasteiger partial charge on any atom is -0.141 e. The molecule has 8 heavy (non-hydrogen) atoms. The highest BCUT2D eigenvalue weighted by molar-refractivity contribution is 7.38. The van der Waals surface area contributed by atoms with Crippen LogP contribution in [0.2, 0.25) is 0 Å². The van der Waals surface area contributed by atoms with Gasteiger partial charge in [-0.15, -0.1) is 4.52 Å². The maximum atomic E-state index is 10.4. The van der Waals surface area contributed by atoms with E-state index in [4.69, 9.17) is 4.52 Å². The van der Waals surface area contributed by atoms with Gasteiger partial charge in [-0.05, 0) is 25.3 Å². The van der Waals surface area contributed by atoms with E-state index in [0.717, 1.165) is 0 Å². The maximum absolute atomic E-state index is 10.4. The van der Waals surface area contributed by atoms with Crippen LogP contribution in [0, 0.1) is 0 Å². The smallest absolute Gasteiger partial charge is 0.141 e. The lowest BCUT2D eigenvalue weighted by atomic mass is 10.2. The molecule has 0 N–H and O–H groups in total. The minimum atomic E-state index is -1.44. The molecule has 0 aromatic carbocycles. The van der Waals surface area contributed by atoms with Gasteiger partial charge in [-0.1, -0.05) is 0 Å². The average Bonchev–Trinajstić information content (AvgIpc) is 1.21. The summed E-state index contributed by atoms with van der Waals surface area (Å²) in [5.74, 6) is 0. The summed E-state index contributed by atoms with van der Waals surface area (Å²) in [6.45, 7) is 7.19. The van der Waals surface area contributed by atoms with E-state index in [1.165, 1.54) is 0 Å². The highest BCUT2D eigenvalue weighted by atomic mass is 31.1. The lowest BCUT2D eigenvalue weighted by Crippen LogP contribution is -2.14. The van der Waals surface area contributed by atoms with Crippen LogP contribution >= 0.6 is 8.03 Å². The third-order valence-electron chi connectivity index (χ3n) is 0.402. The summed E-state index contributed by atoms with van der Waals surface area (Å²) in [7, 11) is -1.44. The van der Waals surface area contributed by atoms with Crippen molar-refractivity contribution in [1.29, 1.82) is 0 Å². The molecule has 0 saturated heterocycles. The zero-order valence-electron chi connectivity index (χ0n) is 5.76. The first-order valence-corrected chi connectivity index (χ1v) is 4.14. The van der Waals surface area contributed by atoms with Crippen LogP contribution in [0.5, 0.6) is 0 Å². The van der Waals surface area contributed by atoms with Crippen LogP contribution < -0.4 is 0 Å². The van der Waals surface area contributed by atoms with Gasteiger partial charge in [0.2, 0.25) is 0 Å². The Bertz CT molecular complexity index is 93.1. The molecule has 0 heterocycles. The molecule has 0 bridgehead atoms. The standard InChI is InChI=1S/C5H12O2P/c1-5(2,3)7-8(4)6/h1-4H3/q+1. The maximum Gasteiger partial charge on any atom is 0.505 e. The van der Waals surface area contributed by atoms with Crippen LogP contribution in [0.15, 0.2) is 0 Å². The van der Waals surface area contributed by atoms with Gasteiger partial charge >= 0.3 is 8.03 Å². The Morgan fingerprint density at radius 1 is 1.38 bits per heavy atom. The minimum absolute atomic E-state index is 0.262. The Balaban J connectivity index is 3.55. The van der Waals surface area contributed by atoms with E-state index in [9.17, 15) is 4.57 Å². The van der Waals surface area contributed by atoms with Crippen molar-refractivity contribution in [2.24, 2.45) is 0 Å². The molecule has 0 aliphatic heterocycles. The first kappa shape index (κ1) is 8.06. The van der Waals surface area contributed by atoms with E-state index < -0.39 is 8.03 Å². The molecule has 1 unspecified atom stereocenters. The zero-order valence-corrected chi connectivity index (χ0v) is 6.66. The average molecular weight is 135 g/mol. The van der Waals surface area contributed by atoms with Crippen molar-refractivity contribution in [1.82, 2.24) is 0 Å². The second-order valence-corrected chi connectivity index (χ2v) is 3.71. The van der Waals surface area contributed by atoms with Gasteiger partial charge in [0.15, 0.2) is 6.66 Å². The molecule has 0 aromatic heterocycles.